The van der Waals surface area contributed by atoms with Crippen LogP contribution in [0.4, 0.5) is 0 Å². The highest BCUT2D eigenvalue weighted by Crippen LogP contribution is 2.21. The number of nitrogens with one attached hydrogen (secondary N) is 1. The Morgan fingerprint density at radius 3 is 2.47 bits per heavy atom. The molecule has 1 N–H and O–H groups in total. The minimum atomic E-state index is 0.384. The van der Waals surface area contributed by atoms with Crippen LogP contribution in [-0.2, 0) is 0 Å². The van der Waals surface area contributed by atoms with Crippen LogP contribution in [0.15, 0.2) is 24.3 Å². The summed E-state index contributed by atoms with van der Waals surface area (Å²) in [5, 5.41) is 4.26. The molecule has 0 aliphatic rings. The maximum absolute atomic E-state index is 6.03. The highest BCUT2D eigenvalue weighted by molar-refractivity contribution is 6.30. The van der Waals surface area contributed by atoms with Gasteiger partial charge in [-0.1, -0.05) is 23.7 Å². The number of nitrogens with zero attached hydrogens (tertiary/aromatic N) is 2. The van der Waals surface area contributed by atoms with E-state index < -0.39 is 0 Å². The minimum absolute atomic E-state index is 0.384. The van der Waals surface area contributed by atoms with E-state index in [1.54, 1.807) is 0 Å². The second-order valence-corrected chi connectivity index (χ2v) is 5.70. The standard InChI is InChI=1S/C15H26ClN3/c1-13(14-6-5-7-15(16)12-14)19(4)11-9-17-8-10-18(2)3/h5-7,12-13,17H,8-11H2,1-4H3. The van der Waals surface area contributed by atoms with Crippen molar-refractivity contribution in [1.29, 1.82) is 0 Å². The molecule has 108 valence electrons. The van der Waals surface area contributed by atoms with Crippen molar-refractivity contribution < 1.29 is 0 Å². The Morgan fingerprint density at radius 2 is 1.84 bits per heavy atom. The molecule has 1 unspecified atom stereocenters. The normalized spacial score (nSPS) is 13.2. The molecular weight excluding hydrogens is 258 g/mol. The molecule has 0 radical (unpaired) electrons. The first-order valence-corrected chi connectivity index (χ1v) is 7.19. The van der Waals surface area contributed by atoms with Gasteiger partial charge in [0.25, 0.3) is 0 Å². The smallest absolute Gasteiger partial charge is 0.0409 e. The number of rotatable bonds is 8. The molecule has 0 amide bonds. The predicted molar refractivity (Wildman–Crippen MR) is 83.9 cm³/mol. The fraction of sp³-hybridized carbons (Fsp3) is 0.600. The molecule has 0 heterocycles. The number of hydrogen-bond acceptors (Lipinski definition) is 3. The Hall–Kier alpha value is -0.610. The van der Waals surface area contributed by atoms with Crippen molar-refractivity contribution in [3.05, 3.63) is 34.9 Å². The number of hydrogen-bond donors (Lipinski definition) is 1. The minimum Gasteiger partial charge on any atom is -0.314 e. The van der Waals surface area contributed by atoms with E-state index in [-0.39, 0.29) is 0 Å². The lowest BCUT2D eigenvalue weighted by Crippen LogP contribution is -2.34. The average molecular weight is 284 g/mol. The van der Waals surface area contributed by atoms with Crippen molar-refractivity contribution in [1.82, 2.24) is 15.1 Å². The zero-order valence-corrected chi connectivity index (χ0v) is 13.2. The van der Waals surface area contributed by atoms with Crippen molar-refractivity contribution in [2.45, 2.75) is 13.0 Å². The van der Waals surface area contributed by atoms with Gasteiger partial charge < -0.3 is 10.2 Å². The summed E-state index contributed by atoms with van der Waals surface area (Å²) in [4.78, 5) is 4.53. The molecule has 1 atom stereocenters. The van der Waals surface area contributed by atoms with Crippen LogP contribution >= 0.6 is 11.6 Å². The molecule has 0 saturated carbocycles. The highest BCUT2D eigenvalue weighted by atomic mass is 35.5. The van der Waals surface area contributed by atoms with Crippen molar-refractivity contribution in [2.24, 2.45) is 0 Å². The third-order valence-corrected chi connectivity index (χ3v) is 3.60. The molecule has 1 aromatic carbocycles. The molecule has 0 saturated heterocycles. The van der Waals surface area contributed by atoms with Gasteiger partial charge in [0.1, 0.15) is 0 Å². The van der Waals surface area contributed by atoms with Gasteiger partial charge in [-0.2, -0.15) is 0 Å². The zero-order valence-electron chi connectivity index (χ0n) is 12.5. The maximum atomic E-state index is 6.03. The quantitative estimate of drug-likeness (QED) is 0.740. The number of benzene rings is 1. The van der Waals surface area contributed by atoms with Crippen LogP contribution in [0.2, 0.25) is 5.02 Å². The van der Waals surface area contributed by atoms with Crippen molar-refractivity contribution >= 4 is 11.6 Å². The second kappa shape index (κ2) is 8.54. The van der Waals surface area contributed by atoms with Gasteiger partial charge in [-0.15, -0.1) is 0 Å². The van der Waals surface area contributed by atoms with Crippen molar-refractivity contribution in [3.8, 4) is 0 Å². The van der Waals surface area contributed by atoms with Gasteiger partial charge in [0.05, 0.1) is 0 Å². The fourth-order valence-electron chi connectivity index (χ4n) is 1.90. The SMILES string of the molecule is CC(c1cccc(Cl)c1)N(C)CCNCCN(C)C. The summed E-state index contributed by atoms with van der Waals surface area (Å²) >= 11 is 6.03. The van der Waals surface area contributed by atoms with Gasteiger partial charge >= 0.3 is 0 Å². The molecule has 1 rings (SSSR count). The van der Waals surface area contributed by atoms with E-state index in [4.69, 9.17) is 11.6 Å². The van der Waals surface area contributed by atoms with E-state index in [2.05, 4.69) is 49.2 Å². The lowest BCUT2D eigenvalue weighted by atomic mass is 10.1. The van der Waals surface area contributed by atoms with Crippen LogP contribution in [0, 0.1) is 0 Å². The Kier molecular flexibility index (Phi) is 7.39. The Bertz CT molecular complexity index is 368. The van der Waals surface area contributed by atoms with E-state index in [0.717, 1.165) is 31.2 Å². The molecule has 0 bridgehead atoms. The molecule has 0 aromatic heterocycles. The summed E-state index contributed by atoms with van der Waals surface area (Å²) in [5.41, 5.74) is 1.27. The summed E-state index contributed by atoms with van der Waals surface area (Å²) in [7, 11) is 6.34. The topological polar surface area (TPSA) is 18.5 Å². The lowest BCUT2D eigenvalue weighted by Gasteiger charge is -2.25. The Labute approximate surface area is 122 Å². The van der Waals surface area contributed by atoms with Gasteiger partial charge in [-0.3, -0.25) is 4.90 Å². The van der Waals surface area contributed by atoms with Gasteiger partial charge in [0.15, 0.2) is 0 Å². The molecular formula is C15H26ClN3. The summed E-state index contributed by atoms with van der Waals surface area (Å²) in [5.74, 6) is 0. The summed E-state index contributed by atoms with van der Waals surface area (Å²) in [6, 6.07) is 8.49. The Morgan fingerprint density at radius 1 is 1.16 bits per heavy atom. The summed E-state index contributed by atoms with van der Waals surface area (Å²) in [6.45, 7) is 6.36. The second-order valence-electron chi connectivity index (χ2n) is 5.26. The predicted octanol–water partition coefficient (Wildman–Crippen LogP) is 2.48. The van der Waals surface area contributed by atoms with Crippen LogP contribution in [0.1, 0.15) is 18.5 Å². The lowest BCUT2D eigenvalue weighted by molar-refractivity contribution is 0.259. The van der Waals surface area contributed by atoms with Gasteiger partial charge in [-0.25, -0.2) is 0 Å². The van der Waals surface area contributed by atoms with Crippen LogP contribution < -0.4 is 5.32 Å². The zero-order chi connectivity index (χ0) is 14.3. The molecule has 1 aromatic rings. The summed E-state index contributed by atoms with van der Waals surface area (Å²) in [6.07, 6.45) is 0. The molecule has 0 aliphatic heterocycles. The van der Waals surface area contributed by atoms with E-state index in [0.29, 0.717) is 6.04 Å². The first-order chi connectivity index (χ1) is 9.00. The molecule has 0 spiro atoms. The third kappa shape index (κ3) is 6.39. The molecule has 0 aliphatic carbocycles. The number of halogens is 1. The third-order valence-electron chi connectivity index (χ3n) is 3.37. The fourth-order valence-corrected chi connectivity index (χ4v) is 2.10. The van der Waals surface area contributed by atoms with Crippen LogP contribution in [0.5, 0.6) is 0 Å². The van der Waals surface area contributed by atoms with Gasteiger partial charge in [-0.05, 0) is 45.8 Å². The average Bonchev–Trinajstić information content (AvgIpc) is 2.36. The van der Waals surface area contributed by atoms with Crippen molar-refractivity contribution in [3.63, 3.8) is 0 Å². The first kappa shape index (κ1) is 16.4. The molecule has 0 fully saturated rings. The van der Waals surface area contributed by atoms with E-state index in [1.807, 2.05) is 18.2 Å². The van der Waals surface area contributed by atoms with Crippen molar-refractivity contribution in [2.75, 3.05) is 47.3 Å². The largest absolute Gasteiger partial charge is 0.314 e. The first-order valence-electron chi connectivity index (χ1n) is 6.82. The van der Waals surface area contributed by atoms with Gasteiger partial charge in [0, 0.05) is 37.2 Å². The molecule has 3 nitrogen and oxygen atoms in total. The molecule has 19 heavy (non-hydrogen) atoms. The highest BCUT2D eigenvalue weighted by Gasteiger charge is 2.11. The maximum Gasteiger partial charge on any atom is 0.0409 e. The van der Waals surface area contributed by atoms with Crippen LogP contribution in [0.25, 0.3) is 0 Å². The van der Waals surface area contributed by atoms with E-state index in [9.17, 15) is 0 Å². The monoisotopic (exact) mass is 283 g/mol. The summed E-state index contributed by atoms with van der Waals surface area (Å²) < 4.78 is 0. The van der Waals surface area contributed by atoms with E-state index >= 15 is 0 Å². The van der Waals surface area contributed by atoms with Crippen LogP contribution in [-0.4, -0.2) is 57.1 Å². The number of likely N-dealkylation sites (N-methyl/N-ethyl adjacent to an activating group) is 2. The van der Waals surface area contributed by atoms with Crippen LogP contribution in [0.3, 0.4) is 0 Å². The van der Waals surface area contributed by atoms with Gasteiger partial charge in [0.2, 0.25) is 0 Å². The molecule has 4 heteroatoms. The Balaban J connectivity index is 2.31. The van der Waals surface area contributed by atoms with E-state index in [1.165, 1.54) is 5.56 Å².